The van der Waals surface area contributed by atoms with Crippen LogP contribution in [0.2, 0.25) is 0 Å². The molecule has 0 aromatic heterocycles. The Bertz CT molecular complexity index is 465. The van der Waals surface area contributed by atoms with Crippen molar-refractivity contribution >= 4 is 18.0 Å². The molecule has 1 aliphatic rings. The van der Waals surface area contributed by atoms with Crippen molar-refractivity contribution in [2.24, 2.45) is 11.8 Å². The quantitative estimate of drug-likeness (QED) is 0.548. The average Bonchev–Trinajstić information content (AvgIpc) is 2.86. The summed E-state index contributed by atoms with van der Waals surface area (Å²) < 4.78 is 10.5. The topological polar surface area (TPSA) is 122 Å². The first-order chi connectivity index (χ1) is 11.2. The lowest BCUT2D eigenvalue weighted by Crippen LogP contribution is -2.55. The van der Waals surface area contributed by atoms with Gasteiger partial charge in [-0.3, -0.25) is 10.1 Å². The van der Waals surface area contributed by atoms with Gasteiger partial charge in [0.2, 0.25) is 0 Å². The van der Waals surface area contributed by atoms with Crippen molar-refractivity contribution in [3.05, 3.63) is 0 Å². The standard InChI is InChI=1S/C16H27NO7/c1-4-5-8-23-15(22)17-16(7-6-10(2)3)11(13(18)19)9-12(24-16)14(20)21/h10-12H,4-9H2,1-3H3,(H,17,22)(H,18,19)(H,20,21). The summed E-state index contributed by atoms with van der Waals surface area (Å²) in [4.78, 5) is 34.9. The van der Waals surface area contributed by atoms with Crippen LogP contribution in [0.25, 0.3) is 0 Å². The van der Waals surface area contributed by atoms with Gasteiger partial charge in [-0.1, -0.05) is 27.2 Å². The van der Waals surface area contributed by atoms with E-state index in [0.717, 1.165) is 6.42 Å². The Morgan fingerprint density at radius 2 is 1.96 bits per heavy atom. The zero-order valence-electron chi connectivity index (χ0n) is 14.4. The van der Waals surface area contributed by atoms with Crippen molar-refractivity contribution in [3.63, 3.8) is 0 Å². The summed E-state index contributed by atoms with van der Waals surface area (Å²) in [5, 5.41) is 21.1. The molecule has 0 spiro atoms. The van der Waals surface area contributed by atoms with Crippen molar-refractivity contribution in [2.75, 3.05) is 6.61 Å². The number of carbonyl (C=O) groups is 3. The van der Waals surface area contributed by atoms with Crippen LogP contribution >= 0.6 is 0 Å². The Labute approximate surface area is 141 Å². The molecular weight excluding hydrogens is 318 g/mol. The lowest BCUT2D eigenvalue weighted by molar-refractivity contribution is -0.164. The van der Waals surface area contributed by atoms with E-state index in [0.29, 0.717) is 12.8 Å². The highest BCUT2D eigenvalue weighted by atomic mass is 16.6. The third-order valence-electron chi connectivity index (χ3n) is 4.08. The minimum Gasteiger partial charge on any atom is -0.481 e. The van der Waals surface area contributed by atoms with Crippen LogP contribution in [0.3, 0.4) is 0 Å². The van der Waals surface area contributed by atoms with E-state index in [2.05, 4.69) is 5.32 Å². The van der Waals surface area contributed by atoms with Gasteiger partial charge in [0.1, 0.15) is 5.92 Å². The highest BCUT2D eigenvalue weighted by molar-refractivity contribution is 5.79. The van der Waals surface area contributed by atoms with Crippen molar-refractivity contribution in [1.82, 2.24) is 5.32 Å². The normalized spacial score (nSPS) is 26.3. The number of hydrogen-bond donors (Lipinski definition) is 3. The molecule has 1 heterocycles. The van der Waals surface area contributed by atoms with E-state index >= 15 is 0 Å². The Morgan fingerprint density at radius 3 is 2.46 bits per heavy atom. The predicted octanol–water partition coefficient (Wildman–Crippen LogP) is 2.22. The molecule has 24 heavy (non-hydrogen) atoms. The summed E-state index contributed by atoms with van der Waals surface area (Å²) in [5.74, 6) is -3.34. The maximum atomic E-state index is 12.0. The summed E-state index contributed by atoms with van der Waals surface area (Å²) in [5.41, 5.74) is -1.57. The van der Waals surface area contributed by atoms with E-state index in [-0.39, 0.29) is 25.4 Å². The van der Waals surface area contributed by atoms with Gasteiger partial charge in [0.25, 0.3) is 0 Å². The monoisotopic (exact) mass is 345 g/mol. The molecule has 1 fully saturated rings. The van der Waals surface area contributed by atoms with Gasteiger partial charge in [-0.15, -0.1) is 0 Å². The first-order valence-electron chi connectivity index (χ1n) is 8.30. The van der Waals surface area contributed by atoms with Crippen molar-refractivity contribution < 1.29 is 34.1 Å². The van der Waals surface area contributed by atoms with Crippen LogP contribution in [0.1, 0.15) is 52.9 Å². The number of alkyl carbamates (subject to hydrolysis) is 1. The lowest BCUT2D eigenvalue weighted by atomic mass is 9.88. The highest BCUT2D eigenvalue weighted by Gasteiger charge is 2.55. The molecule has 0 aromatic rings. The smallest absolute Gasteiger partial charge is 0.409 e. The molecule has 1 rings (SSSR count). The summed E-state index contributed by atoms with van der Waals surface area (Å²) in [6.07, 6.45) is 0.0604. The van der Waals surface area contributed by atoms with Crippen molar-refractivity contribution in [2.45, 2.75) is 64.7 Å². The number of carboxylic acids is 2. The van der Waals surface area contributed by atoms with E-state index in [1.165, 1.54) is 0 Å². The second-order valence-corrected chi connectivity index (χ2v) is 6.51. The molecule has 1 aliphatic heterocycles. The number of rotatable bonds is 9. The van der Waals surface area contributed by atoms with Gasteiger partial charge in [0, 0.05) is 6.42 Å². The largest absolute Gasteiger partial charge is 0.481 e. The molecule has 1 amide bonds. The average molecular weight is 345 g/mol. The van der Waals surface area contributed by atoms with Crippen LogP contribution in [-0.4, -0.2) is 46.7 Å². The fourth-order valence-electron chi connectivity index (χ4n) is 2.67. The van der Waals surface area contributed by atoms with Gasteiger partial charge in [-0.2, -0.15) is 0 Å². The molecule has 8 nitrogen and oxygen atoms in total. The molecule has 1 saturated heterocycles. The Kier molecular flexibility index (Phi) is 7.47. The number of nitrogens with one attached hydrogen (secondary N) is 1. The van der Waals surface area contributed by atoms with Crippen molar-refractivity contribution in [1.29, 1.82) is 0 Å². The van der Waals surface area contributed by atoms with E-state index in [9.17, 15) is 19.5 Å². The van der Waals surface area contributed by atoms with Gasteiger partial charge < -0.3 is 19.7 Å². The van der Waals surface area contributed by atoms with E-state index in [1.807, 2.05) is 20.8 Å². The molecule has 8 heteroatoms. The second-order valence-electron chi connectivity index (χ2n) is 6.51. The van der Waals surface area contributed by atoms with Gasteiger partial charge in [0.05, 0.1) is 6.61 Å². The predicted molar refractivity (Wildman–Crippen MR) is 84.4 cm³/mol. The summed E-state index contributed by atoms with van der Waals surface area (Å²) >= 11 is 0. The maximum absolute atomic E-state index is 12.0. The van der Waals surface area contributed by atoms with Crippen LogP contribution in [0.15, 0.2) is 0 Å². The van der Waals surface area contributed by atoms with E-state index in [1.54, 1.807) is 0 Å². The summed E-state index contributed by atoms with van der Waals surface area (Å²) in [6.45, 7) is 6.06. The minimum absolute atomic E-state index is 0.196. The third-order valence-corrected chi connectivity index (χ3v) is 4.08. The molecule has 0 bridgehead atoms. The second kappa shape index (κ2) is 8.86. The van der Waals surface area contributed by atoms with Gasteiger partial charge in [-0.25, -0.2) is 9.59 Å². The first-order valence-corrected chi connectivity index (χ1v) is 8.30. The fraction of sp³-hybridized carbons (Fsp3) is 0.812. The Hall–Kier alpha value is -1.83. The molecule has 0 radical (unpaired) electrons. The highest BCUT2D eigenvalue weighted by Crippen LogP contribution is 2.39. The van der Waals surface area contributed by atoms with Crippen LogP contribution in [0.4, 0.5) is 4.79 Å². The summed E-state index contributed by atoms with van der Waals surface area (Å²) in [6, 6.07) is 0. The van der Waals surface area contributed by atoms with E-state index in [4.69, 9.17) is 14.6 Å². The van der Waals surface area contributed by atoms with Gasteiger partial charge >= 0.3 is 18.0 Å². The zero-order chi connectivity index (χ0) is 18.3. The molecule has 0 aromatic carbocycles. The number of carboxylic acid groups (broad SMARTS) is 2. The van der Waals surface area contributed by atoms with Gasteiger partial charge in [0.15, 0.2) is 11.8 Å². The molecule has 138 valence electrons. The molecule has 3 N–H and O–H groups in total. The molecule has 0 aliphatic carbocycles. The van der Waals surface area contributed by atoms with E-state index < -0.39 is 35.8 Å². The molecular formula is C16H27NO7. The molecule has 3 atom stereocenters. The maximum Gasteiger partial charge on any atom is 0.409 e. The van der Waals surface area contributed by atoms with Crippen LogP contribution in [0.5, 0.6) is 0 Å². The van der Waals surface area contributed by atoms with Crippen molar-refractivity contribution in [3.8, 4) is 0 Å². The Balaban J connectivity index is 2.96. The summed E-state index contributed by atoms with van der Waals surface area (Å²) in [7, 11) is 0. The number of ether oxygens (including phenoxy) is 2. The van der Waals surface area contributed by atoms with Crippen LogP contribution in [-0.2, 0) is 19.1 Å². The number of unbranched alkanes of at least 4 members (excludes halogenated alkanes) is 1. The number of aliphatic carboxylic acids is 2. The third kappa shape index (κ3) is 5.36. The number of carbonyl (C=O) groups excluding carboxylic acids is 1. The fourth-order valence-corrected chi connectivity index (χ4v) is 2.67. The zero-order valence-corrected chi connectivity index (χ0v) is 14.4. The minimum atomic E-state index is -1.57. The molecule has 0 saturated carbocycles. The van der Waals surface area contributed by atoms with Crippen LogP contribution in [0, 0.1) is 11.8 Å². The van der Waals surface area contributed by atoms with Crippen LogP contribution < -0.4 is 5.32 Å². The van der Waals surface area contributed by atoms with Gasteiger partial charge in [-0.05, 0) is 25.2 Å². The molecule has 3 unspecified atom stereocenters. The number of amides is 1. The number of hydrogen-bond acceptors (Lipinski definition) is 5. The first kappa shape index (κ1) is 20.2. The SMILES string of the molecule is CCCCOC(=O)NC1(CCC(C)C)OC(C(=O)O)CC1C(=O)O. The lowest BCUT2D eigenvalue weighted by Gasteiger charge is -2.33. The Morgan fingerprint density at radius 1 is 1.29 bits per heavy atom.